The summed E-state index contributed by atoms with van der Waals surface area (Å²) in [5, 5.41) is 10.6. The van der Waals surface area contributed by atoms with E-state index in [2.05, 4.69) is 146 Å². The van der Waals surface area contributed by atoms with Crippen LogP contribution in [0.15, 0.2) is 192 Å². The summed E-state index contributed by atoms with van der Waals surface area (Å²) in [7, 11) is -4.79. The van der Waals surface area contributed by atoms with E-state index in [0.717, 1.165) is 82.1 Å². The molecule has 57 heavy (non-hydrogen) atoms. The standard InChI is InChI=1S/C52H31O4P/c53-57(54)55-51-43(41-27-35-15-5-11-29-21-23-31-13-7-19-39(41)47(31)45(29)35)25-33-9-1-3-17-37(33)49(51)50-38-18-4-2-10-34(38)26-44(52(50)56-57)42-28-36-16-6-12-30-22-24-32-14-8-20-40(42)48(32)46(30)36/h1-28,45,47H,(H,53,54). The molecule has 0 saturated carbocycles. The lowest BCUT2D eigenvalue weighted by atomic mass is 9.62. The van der Waals surface area contributed by atoms with Gasteiger partial charge in [-0.25, -0.2) is 4.57 Å². The maximum absolute atomic E-state index is 14.7. The molecule has 13 rings (SSSR count). The third-order valence-electron chi connectivity index (χ3n) is 12.7. The van der Waals surface area contributed by atoms with Crippen LogP contribution in [0, 0.1) is 11.8 Å². The molecular formula is C52H31O4P. The van der Waals surface area contributed by atoms with Crippen LogP contribution in [-0.2, 0) is 4.57 Å². The summed E-state index contributed by atoms with van der Waals surface area (Å²) in [5.74, 6) is 1.00. The minimum absolute atomic E-state index is 0.115. The monoisotopic (exact) mass is 750 g/mol. The second-order valence-electron chi connectivity index (χ2n) is 15.7. The number of allylic oxidation sites excluding steroid dienone is 14. The summed E-state index contributed by atoms with van der Waals surface area (Å²) in [6.07, 6.45) is 19.8. The van der Waals surface area contributed by atoms with Gasteiger partial charge in [0.15, 0.2) is 0 Å². The Morgan fingerprint density at radius 2 is 1.05 bits per heavy atom. The van der Waals surface area contributed by atoms with Gasteiger partial charge in [0.25, 0.3) is 0 Å². The van der Waals surface area contributed by atoms with Gasteiger partial charge in [-0.1, -0.05) is 152 Å². The molecule has 5 heteroatoms. The van der Waals surface area contributed by atoms with Crippen LogP contribution >= 0.6 is 7.82 Å². The first kappa shape index (κ1) is 31.5. The van der Waals surface area contributed by atoms with Crippen LogP contribution in [0.25, 0.3) is 81.7 Å². The lowest BCUT2D eigenvalue weighted by Crippen LogP contribution is -2.29. The maximum Gasteiger partial charge on any atom is 0.584 e. The van der Waals surface area contributed by atoms with Crippen LogP contribution in [-0.4, -0.2) is 4.89 Å². The van der Waals surface area contributed by atoms with Crippen molar-refractivity contribution in [2.24, 2.45) is 11.8 Å². The maximum atomic E-state index is 14.7. The van der Waals surface area contributed by atoms with Crippen molar-refractivity contribution in [2.45, 2.75) is 0 Å². The molecule has 5 aliphatic rings. The first-order valence-corrected chi connectivity index (χ1v) is 20.9. The Kier molecular flexibility index (Phi) is 6.19. The van der Waals surface area contributed by atoms with Crippen molar-refractivity contribution in [1.29, 1.82) is 0 Å². The van der Waals surface area contributed by atoms with E-state index >= 15 is 0 Å². The summed E-state index contributed by atoms with van der Waals surface area (Å²) in [4.78, 5) is 12.0. The van der Waals surface area contributed by atoms with E-state index in [1.165, 1.54) is 27.5 Å². The van der Waals surface area contributed by atoms with Crippen molar-refractivity contribution < 1.29 is 18.5 Å². The van der Waals surface area contributed by atoms with E-state index in [-0.39, 0.29) is 11.8 Å². The third kappa shape index (κ3) is 4.34. The minimum atomic E-state index is -4.79. The Bertz CT molecular complexity index is 3460. The molecular weight excluding hydrogens is 720 g/mol. The fraction of sp³-hybridized carbons (Fsp3) is 0.0385. The van der Waals surface area contributed by atoms with Crippen molar-refractivity contribution in [3.63, 3.8) is 0 Å². The SMILES string of the molecule is O=P1(O)Oc2c(C3=C4C=CC=C5C=CC6=CC=CC(=C3)C6C54)cc3ccccc3c2-c2c(c(-c3cc4cccc5ccc6cccc3c6c54)cc3ccccc23)O1. The molecule has 4 nitrogen and oxygen atoms in total. The van der Waals surface area contributed by atoms with Gasteiger partial charge in [0.05, 0.1) is 0 Å². The van der Waals surface area contributed by atoms with Crippen LogP contribution in [0.4, 0.5) is 0 Å². The molecule has 0 saturated heterocycles. The number of fused-ring (bicyclic) bond motifs is 7. The average molecular weight is 751 g/mol. The molecule has 3 unspecified atom stereocenters. The highest BCUT2D eigenvalue weighted by molar-refractivity contribution is 7.48. The highest BCUT2D eigenvalue weighted by atomic mass is 31.2. The Balaban J connectivity index is 1.18. The lowest BCUT2D eigenvalue weighted by Gasteiger charge is -2.41. The van der Waals surface area contributed by atoms with Gasteiger partial charge < -0.3 is 9.05 Å². The molecule has 3 atom stereocenters. The molecule has 4 aliphatic carbocycles. The lowest BCUT2D eigenvalue weighted by molar-refractivity contribution is 0.295. The molecule has 0 radical (unpaired) electrons. The summed E-state index contributed by atoms with van der Waals surface area (Å²) in [6.45, 7) is 0. The summed E-state index contributed by atoms with van der Waals surface area (Å²) in [6, 6.07) is 40.1. The topological polar surface area (TPSA) is 55.8 Å². The van der Waals surface area contributed by atoms with Crippen molar-refractivity contribution >= 4 is 67.3 Å². The van der Waals surface area contributed by atoms with Crippen molar-refractivity contribution in [3.8, 4) is 33.8 Å². The zero-order valence-electron chi connectivity index (χ0n) is 30.4. The molecule has 268 valence electrons. The number of hydrogen-bond acceptors (Lipinski definition) is 3. The van der Waals surface area contributed by atoms with Gasteiger partial charge in [0, 0.05) is 34.1 Å². The number of hydrogen-bond donors (Lipinski definition) is 1. The quantitative estimate of drug-likeness (QED) is 0.141. The van der Waals surface area contributed by atoms with E-state index in [4.69, 9.17) is 9.05 Å². The largest absolute Gasteiger partial charge is 0.584 e. The molecule has 0 aromatic heterocycles. The van der Waals surface area contributed by atoms with E-state index < -0.39 is 7.82 Å². The zero-order valence-corrected chi connectivity index (χ0v) is 31.3. The van der Waals surface area contributed by atoms with Crippen molar-refractivity contribution in [2.75, 3.05) is 0 Å². The number of rotatable bonds is 2. The molecule has 8 aromatic rings. The molecule has 0 spiro atoms. The molecule has 0 amide bonds. The van der Waals surface area contributed by atoms with Gasteiger partial charge in [0.1, 0.15) is 11.5 Å². The van der Waals surface area contributed by atoms with E-state index in [1.807, 2.05) is 24.3 Å². The van der Waals surface area contributed by atoms with E-state index in [0.29, 0.717) is 11.5 Å². The van der Waals surface area contributed by atoms with Crippen LogP contribution in [0.1, 0.15) is 5.56 Å². The van der Waals surface area contributed by atoms with E-state index in [1.54, 1.807) is 0 Å². The second-order valence-corrected chi connectivity index (χ2v) is 17.0. The summed E-state index contributed by atoms with van der Waals surface area (Å²) >= 11 is 0. The van der Waals surface area contributed by atoms with Crippen LogP contribution < -0.4 is 9.05 Å². The number of benzene rings is 8. The van der Waals surface area contributed by atoms with Gasteiger partial charge in [-0.05, 0) is 105 Å². The number of phosphoric acid groups is 1. The van der Waals surface area contributed by atoms with Gasteiger partial charge in [-0.2, -0.15) is 0 Å². The molecule has 0 bridgehead atoms. The first-order valence-electron chi connectivity index (χ1n) is 19.4. The Labute approximate surface area is 327 Å². The average Bonchev–Trinajstić information content (AvgIpc) is 3.37. The van der Waals surface area contributed by atoms with Gasteiger partial charge in [-0.3, -0.25) is 4.89 Å². The molecule has 1 aliphatic heterocycles. The van der Waals surface area contributed by atoms with Crippen LogP contribution in [0.5, 0.6) is 11.5 Å². The Morgan fingerprint density at radius 3 is 1.81 bits per heavy atom. The molecule has 1 heterocycles. The Hall–Kier alpha value is -6.71. The van der Waals surface area contributed by atoms with Gasteiger partial charge in [0.2, 0.25) is 0 Å². The minimum Gasteiger partial charge on any atom is -0.394 e. The van der Waals surface area contributed by atoms with E-state index in [9.17, 15) is 9.46 Å². The summed E-state index contributed by atoms with van der Waals surface area (Å²) in [5.41, 5.74) is 9.80. The predicted molar refractivity (Wildman–Crippen MR) is 233 cm³/mol. The molecule has 1 N–H and O–H groups in total. The third-order valence-corrected chi connectivity index (χ3v) is 13.6. The van der Waals surface area contributed by atoms with Crippen molar-refractivity contribution in [1.82, 2.24) is 0 Å². The van der Waals surface area contributed by atoms with Crippen LogP contribution in [0.3, 0.4) is 0 Å². The first-order chi connectivity index (χ1) is 28.0. The normalized spacial score (nSPS) is 21.5. The zero-order chi connectivity index (χ0) is 37.6. The highest BCUT2D eigenvalue weighted by Crippen LogP contribution is 2.63. The molecule has 0 fully saturated rings. The Morgan fingerprint density at radius 1 is 0.491 bits per heavy atom. The number of phosphoric ester groups is 1. The fourth-order valence-corrected chi connectivity index (χ4v) is 11.3. The summed E-state index contributed by atoms with van der Waals surface area (Å²) < 4.78 is 27.6. The second kappa shape index (κ2) is 11.2. The van der Waals surface area contributed by atoms with Crippen LogP contribution in [0.2, 0.25) is 0 Å². The molecule has 8 aromatic carbocycles. The highest BCUT2D eigenvalue weighted by Gasteiger charge is 2.42. The predicted octanol–water partition coefficient (Wildman–Crippen LogP) is 13.6. The fourth-order valence-electron chi connectivity index (χ4n) is 10.4. The van der Waals surface area contributed by atoms with Crippen molar-refractivity contribution in [3.05, 3.63) is 198 Å². The smallest absolute Gasteiger partial charge is 0.394 e. The van der Waals surface area contributed by atoms with Gasteiger partial charge >= 0.3 is 7.82 Å². The van der Waals surface area contributed by atoms with Gasteiger partial charge in [-0.15, -0.1) is 0 Å².